The van der Waals surface area contributed by atoms with E-state index in [9.17, 15) is 9.59 Å². The summed E-state index contributed by atoms with van der Waals surface area (Å²) in [5.74, 6) is -2.44. The lowest BCUT2D eigenvalue weighted by Crippen LogP contribution is -2.04. The summed E-state index contributed by atoms with van der Waals surface area (Å²) in [6, 6.07) is 0. The van der Waals surface area contributed by atoms with Crippen molar-refractivity contribution in [1.29, 1.82) is 0 Å². The molecule has 0 saturated carbocycles. The number of rotatable bonds is 14. The van der Waals surface area contributed by atoms with Crippen LogP contribution in [0, 0.1) is 0 Å². The third-order valence-corrected chi connectivity index (χ3v) is 3.43. The summed E-state index contributed by atoms with van der Waals surface area (Å²) in [5, 5.41) is 24.7. The standard InChI is InChI=1S/C13H28O.C5H6O4/c1-2-3-4-5-6-7-8-9-10-11-12-13-14;1-3(5(8)9)2-4(6)7/h14H,2-13H2,1H3;1-2H2,(H,6,7)(H,8,9). The molecule has 0 aliphatic rings. The van der Waals surface area contributed by atoms with Crippen LogP contribution in [0.5, 0.6) is 0 Å². The summed E-state index contributed by atoms with van der Waals surface area (Å²) in [6.45, 7) is 5.65. The van der Waals surface area contributed by atoms with E-state index in [2.05, 4.69) is 13.5 Å². The second-order valence-corrected chi connectivity index (χ2v) is 5.74. The Labute approximate surface area is 140 Å². The van der Waals surface area contributed by atoms with E-state index in [1.807, 2.05) is 0 Å². The van der Waals surface area contributed by atoms with Crippen LogP contribution in [0.3, 0.4) is 0 Å². The molecule has 3 N–H and O–H groups in total. The van der Waals surface area contributed by atoms with E-state index in [0.29, 0.717) is 6.61 Å². The van der Waals surface area contributed by atoms with Crippen molar-refractivity contribution in [2.45, 2.75) is 84.0 Å². The van der Waals surface area contributed by atoms with Crippen LogP contribution >= 0.6 is 0 Å². The highest BCUT2D eigenvalue weighted by Crippen LogP contribution is 2.10. The molecule has 0 radical (unpaired) electrons. The predicted molar refractivity (Wildman–Crippen MR) is 92.6 cm³/mol. The number of carbonyl (C=O) groups is 2. The summed E-state index contributed by atoms with van der Waals surface area (Å²) in [5.41, 5.74) is -0.303. The number of carboxylic acid groups (broad SMARTS) is 2. The molecule has 5 heteroatoms. The lowest BCUT2D eigenvalue weighted by atomic mass is 10.1. The first-order valence-electron chi connectivity index (χ1n) is 8.69. The van der Waals surface area contributed by atoms with Crippen molar-refractivity contribution in [1.82, 2.24) is 0 Å². The van der Waals surface area contributed by atoms with Gasteiger partial charge < -0.3 is 15.3 Å². The second kappa shape index (κ2) is 18.7. The number of carboxylic acids is 2. The minimum Gasteiger partial charge on any atom is -0.481 e. The van der Waals surface area contributed by atoms with Gasteiger partial charge in [-0.2, -0.15) is 0 Å². The highest BCUT2D eigenvalue weighted by Gasteiger charge is 2.07. The zero-order valence-electron chi connectivity index (χ0n) is 14.6. The molecule has 0 saturated heterocycles. The number of hydrogen-bond donors (Lipinski definition) is 3. The molecule has 0 aromatic carbocycles. The van der Waals surface area contributed by atoms with Gasteiger partial charge >= 0.3 is 11.9 Å². The Balaban J connectivity index is 0. The quantitative estimate of drug-likeness (QED) is 0.324. The van der Waals surface area contributed by atoms with Gasteiger partial charge in [-0.25, -0.2) is 4.79 Å². The Morgan fingerprint density at radius 3 is 1.43 bits per heavy atom. The number of unbranched alkanes of at least 4 members (excludes halogenated alkanes) is 10. The molecule has 0 amide bonds. The first kappa shape index (κ1) is 23.9. The van der Waals surface area contributed by atoms with Crippen LogP contribution in [0.4, 0.5) is 0 Å². The molecule has 0 aromatic heterocycles. The molecule has 0 aliphatic carbocycles. The second-order valence-electron chi connectivity index (χ2n) is 5.74. The zero-order valence-corrected chi connectivity index (χ0v) is 14.6. The fourth-order valence-electron chi connectivity index (χ4n) is 2.03. The van der Waals surface area contributed by atoms with Crippen molar-refractivity contribution < 1.29 is 24.9 Å². The Kier molecular flexibility index (Phi) is 19.4. The van der Waals surface area contributed by atoms with E-state index in [1.54, 1.807) is 0 Å². The van der Waals surface area contributed by atoms with Gasteiger partial charge in [-0.3, -0.25) is 4.79 Å². The van der Waals surface area contributed by atoms with Gasteiger partial charge in [-0.1, -0.05) is 77.7 Å². The predicted octanol–water partition coefficient (Wildman–Crippen LogP) is 4.39. The first-order valence-corrected chi connectivity index (χ1v) is 8.69. The molecule has 0 atom stereocenters. The Hall–Kier alpha value is -1.36. The van der Waals surface area contributed by atoms with Crippen molar-refractivity contribution in [3.63, 3.8) is 0 Å². The lowest BCUT2D eigenvalue weighted by Gasteiger charge is -2.01. The van der Waals surface area contributed by atoms with Crippen molar-refractivity contribution in [2.75, 3.05) is 6.61 Å². The van der Waals surface area contributed by atoms with E-state index < -0.39 is 18.4 Å². The first-order chi connectivity index (χ1) is 11.0. The summed E-state index contributed by atoms with van der Waals surface area (Å²) in [4.78, 5) is 19.7. The highest BCUT2D eigenvalue weighted by molar-refractivity contribution is 5.91. The molecule has 0 spiro atoms. The van der Waals surface area contributed by atoms with Gasteiger partial charge in [0.25, 0.3) is 0 Å². The summed E-state index contributed by atoms with van der Waals surface area (Å²) >= 11 is 0. The Morgan fingerprint density at radius 1 is 0.783 bits per heavy atom. The van der Waals surface area contributed by atoms with Crippen LogP contribution in [0.2, 0.25) is 0 Å². The van der Waals surface area contributed by atoms with Gasteiger partial charge in [0.2, 0.25) is 0 Å². The van der Waals surface area contributed by atoms with Crippen LogP contribution in [0.25, 0.3) is 0 Å². The van der Waals surface area contributed by atoms with Gasteiger partial charge in [0, 0.05) is 12.2 Å². The van der Waals surface area contributed by atoms with E-state index in [0.717, 1.165) is 6.42 Å². The zero-order chi connectivity index (χ0) is 17.9. The number of aliphatic carboxylic acids is 2. The van der Waals surface area contributed by atoms with E-state index in [-0.39, 0.29) is 5.57 Å². The molecule has 0 heterocycles. The molecule has 0 aliphatic heterocycles. The van der Waals surface area contributed by atoms with Crippen LogP contribution in [-0.2, 0) is 9.59 Å². The summed E-state index contributed by atoms with van der Waals surface area (Å²) in [7, 11) is 0. The topological polar surface area (TPSA) is 94.8 Å². The normalized spacial score (nSPS) is 9.83. The molecular weight excluding hydrogens is 296 g/mol. The van der Waals surface area contributed by atoms with Gasteiger partial charge in [0.1, 0.15) is 0 Å². The van der Waals surface area contributed by atoms with Crippen LogP contribution in [-0.4, -0.2) is 33.9 Å². The van der Waals surface area contributed by atoms with Gasteiger partial charge in [0.15, 0.2) is 0 Å². The van der Waals surface area contributed by atoms with Crippen molar-refractivity contribution in [2.24, 2.45) is 0 Å². The van der Waals surface area contributed by atoms with E-state index in [4.69, 9.17) is 15.3 Å². The summed E-state index contributed by atoms with van der Waals surface area (Å²) in [6.07, 6.45) is 14.3. The van der Waals surface area contributed by atoms with Gasteiger partial charge in [-0.15, -0.1) is 0 Å². The summed E-state index contributed by atoms with van der Waals surface area (Å²) < 4.78 is 0. The smallest absolute Gasteiger partial charge is 0.331 e. The average Bonchev–Trinajstić information content (AvgIpc) is 2.49. The molecule has 0 bridgehead atoms. The monoisotopic (exact) mass is 330 g/mol. The fraction of sp³-hybridized carbons (Fsp3) is 0.778. The third-order valence-electron chi connectivity index (χ3n) is 3.43. The van der Waals surface area contributed by atoms with E-state index >= 15 is 0 Å². The lowest BCUT2D eigenvalue weighted by molar-refractivity contribution is -0.139. The van der Waals surface area contributed by atoms with Crippen molar-refractivity contribution >= 4 is 11.9 Å². The molecule has 136 valence electrons. The van der Waals surface area contributed by atoms with Crippen LogP contribution < -0.4 is 0 Å². The van der Waals surface area contributed by atoms with Crippen molar-refractivity contribution in [3.8, 4) is 0 Å². The maximum atomic E-state index is 9.87. The Morgan fingerprint density at radius 2 is 1.17 bits per heavy atom. The van der Waals surface area contributed by atoms with Crippen LogP contribution in [0.15, 0.2) is 12.2 Å². The number of hydrogen-bond acceptors (Lipinski definition) is 3. The molecule has 0 unspecified atom stereocenters. The molecule has 0 rings (SSSR count). The van der Waals surface area contributed by atoms with E-state index in [1.165, 1.54) is 64.2 Å². The SMILES string of the molecule is C=C(CC(=O)O)C(=O)O.CCCCCCCCCCCCCO. The van der Waals surface area contributed by atoms with Crippen molar-refractivity contribution in [3.05, 3.63) is 12.2 Å². The number of aliphatic hydroxyl groups excluding tert-OH is 1. The average molecular weight is 330 g/mol. The van der Waals surface area contributed by atoms with Crippen LogP contribution in [0.1, 0.15) is 84.0 Å². The number of aliphatic hydroxyl groups is 1. The molecule has 23 heavy (non-hydrogen) atoms. The fourth-order valence-corrected chi connectivity index (χ4v) is 2.03. The molecular formula is C18H34O5. The minimum atomic E-state index is -1.27. The molecule has 0 aromatic rings. The molecule has 5 nitrogen and oxygen atoms in total. The Bertz CT molecular complexity index is 301. The maximum absolute atomic E-state index is 9.87. The van der Waals surface area contributed by atoms with Gasteiger partial charge in [0.05, 0.1) is 6.42 Å². The molecule has 0 fully saturated rings. The third kappa shape index (κ3) is 23.0. The minimum absolute atomic E-state index is 0.303. The largest absolute Gasteiger partial charge is 0.481 e. The van der Waals surface area contributed by atoms with Gasteiger partial charge in [-0.05, 0) is 6.42 Å². The maximum Gasteiger partial charge on any atom is 0.331 e. The highest BCUT2D eigenvalue weighted by atomic mass is 16.4.